The largest absolute Gasteiger partial charge is 0.379 e. The molecule has 4 N–H and O–H groups in total. The number of piperidine rings is 2. The number of nitrogens with two attached hydrogens (primary N) is 1. The fraction of sp³-hybridized carbons (Fsp3) is 0.600. The van der Waals surface area contributed by atoms with Crippen LogP contribution in [0.25, 0.3) is 0 Å². The standard InChI is InChI=1S/C20H28F2N4O3.C13H25N3O2.C7H3F2NO/c21-17-4-3-16(14-18(17)22)24-20(28)23-15-5-8-26(9-6-15)19(27)2-1-7-25-10-12-29-13-11-25;14-12-3-6-16(7-4-12)13(17)2-1-5-15-8-10-18-11-9-15;8-6-2-1-5(10-4-11)3-7(6)9/h3-4,14-15H,1-2,5-13H2,(H2,23,24,28);12H,1-11,14H2;1-3H. The number of urea groups is 1. The Morgan fingerprint density at radius 3 is 1.66 bits per heavy atom. The molecule has 0 unspecified atom stereocenters. The fourth-order valence-corrected chi connectivity index (χ4v) is 6.83. The van der Waals surface area contributed by atoms with Crippen LogP contribution >= 0.6 is 0 Å². The van der Waals surface area contributed by atoms with Crippen molar-refractivity contribution in [2.75, 3.05) is 97.2 Å². The number of hydrogen-bond donors (Lipinski definition) is 3. The molecule has 4 saturated heterocycles. The van der Waals surface area contributed by atoms with Crippen molar-refractivity contribution in [3.63, 3.8) is 0 Å². The molecule has 0 radical (unpaired) electrons. The summed E-state index contributed by atoms with van der Waals surface area (Å²) < 4.78 is 61.3. The number of nitrogens with one attached hydrogen (secondary N) is 2. The first-order chi connectivity index (χ1) is 28.0. The number of carbonyl (C=O) groups is 3. The lowest BCUT2D eigenvalue weighted by atomic mass is 10.0. The Balaban J connectivity index is 0.000000217. The van der Waals surface area contributed by atoms with Crippen molar-refractivity contribution in [2.45, 2.75) is 63.5 Å². The zero-order chi connectivity index (χ0) is 41.7. The number of rotatable bonds is 11. The Kier molecular flexibility index (Phi) is 20.0. The van der Waals surface area contributed by atoms with E-state index in [9.17, 15) is 36.7 Å². The lowest BCUT2D eigenvalue weighted by Gasteiger charge is -2.33. The molecule has 0 bridgehead atoms. The van der Waals surface area contributed by atoms with Gasteiger partial charge in [0, 0.05) is 95.1 Å². The van der Waals surface area contributed by atoms with Gasteiger partial charge in [-0.3, -0.25) is 19.4 Å². The number of ether oxygens (including phenoxy) is 2. The van der Waals surface area contributed by atoms with Gasteiger partial charge >= 0.3 is 6.03 Å². The first-order valence-electron chi connectivity index (χ1n) is 20.0. The number of benzene rings is 2. The lowest BCUT2D eigenvalue weighted by molar-refractivity contribution is -0.133. The van der Waals surface area contributed by atoms with Crippen molar-refractivity contribution in [1.82, 2.24) is 24.9 Å². The Labute approximate surface area is 337 Å². The molecule has 4 aliphatic rings. The van der Waals surface area contributed by atoms with Crippen molar-refractivity contribution in [3.05, 3.63) is 59.7 Å². The molecule has 4 heterocycles. The minimum absolute atomic E-state index is 0.0545. The average Bonchev–Trinajstić information content (AvgIpc) is 3.22. The fourth-order valence-electron chi connectivity index (χ4n) is 6.83. The van der Waals surface area contributed by atoms with Gasteiger partial charge in [0.25, 0.3) is 0 Å². The van der Waals surface area contributed by atoms with Gasteiger partial charge in [-0.15, -0.1) is 0 Å². The number of hydrogen-bond acceptors (Lipinski definition) is 10. The summed E-state index contributed by atoms with van der Waals surface area (Å²) in [5.74, 6) is -3.50. The summed E-state index contributed by atoms with van der Waals surface area (Å²) in [5, 5.41) is 5.32. The molecular formula is C40H56F4N8O6. The summed E-state index contributed by atoms with van der Waals surface area (Å²) in [5.41, 5.74) is 6.08. The number of amides is 4. The van der Waals surface area contributed by atoms with Gasteiger partial charge in [-0.25, -0.2) is 27.2 Å². The quantitative estimate of drug-likeness (QED) is 0.172. The Hall–Kier alpha value is -4.45. The molecule has 2 aromatic rings. The Morgan fingerprint density at radius 1 is 0.690 bits per heavy atom. The number of morpholine rings is 2. The van der Waals surface area contributed by atoms with Gasteiger partial charge in [-0.05, 0) is 75.9 Å². The van der Waals surface area contributed by atoms with Gasteiger partial charge in [0.2, 0.25) is 17.9 Å². The van der Waals surface area contributed by atoms with Gasteiger partial charge < -0.3 is 35.6 Å². The molecule has 4 aliphatic heterocycles. The maximum atomic E-state index is 13.2. The molecule has 320 valence electrons. The van der Waals surface area contributed by atoms with Crippen LogP contribution in [-0.4, -0.2) is 147 Å². The Morgan fingerprint density at radius 2 is 1.17 bits per heavy atom. The van der Waals surface area contributed by atoms with Gasteiger partial charge in [0.15, 0.2) is 23.3 Å². The minimum atomic E-state index is -1.03. The third-order valence-corrected chi connectivity index (χ3v) is 10.3. The molecule has 4 fully saturated rings. The van der Waals surface area contributed by atoms with Crippen molar-refractivity contribution in [2.24, 2.45) is 10.7 Å². The predicted molar refractivity (Wildman–Crippen MR) is 209 cm³/mol. The highest BCUT2D eigenvalue weighted by molar-refractivity contribution is 5.89. The second-order valence-corrected chi connectivity index (χ2v) is 14.5. The summed E-state index contributed by atoms with van der Waals surface area (Å²) in [7, 11) is 0. The van der Waals surface area contributed by atoms with Crippen LogP contribution in [0.2, 0.25) is 0 Å². The average molecular weight is 821 g/mol. The number of halogens is 4. The molecule has 4 amide bonds. The van der Waals surface area contributed by atoms with E-state index in [0.29, 0.717) is 50.7 Å². The topological polar surface area (TPSA) is 162 Å². The first kappa shape index (κ1) is 46.2. The summed E-state index contributed by atoms with van der Waals surface area (Å²) in [6.45, 7) is 11.9. The molecule has 0 aliphatic carbocycles. The highest BCUT2D eigenvalue weighted by Gasteiger charge is 2.24. The van der Waals surface area contributed by atoms with Crippen molar-refractivity contribution in [1.29, 1.82) is 0 Å². The van der Waals surface area contributed by atoms with E-state index in [-0.39, 0.29) is 23.3 Å². The lowest BCUT2D eigenvalue weighted by Crippen LogP contribution is -2.47. The third-order valence-electron chi connectivity index (χ3n) is 10.3. The molecule has 18 heteroatoms. The smallest absolute Gasteiger partial charge is 0.319 e. The number of anilines is 1. The van der Waals surface area contributed by atoms with Crippen LogP contribution in [0.15, 0.2) is 41.4 Å². The summed E-state index contributed by atoms with van der Waals surface area (Å²) in [6.07, 6.45) is 7.47. The monoisotopic (exact) mass is 820 g/mol. The van der Waals surface area contributed by atoms with Gasteiger partial charge in [-0.2, -0.15) is 4.99 Å². The van der Waals surface area contributed by atoms with E-state index in [1.54, 1.807) is 0 Å². The number of aliphatic imine (C=N–C) groups is 1. The summed E-state index contributed by atoms with van der Waals surface area (Å²) in [6, 6.07) is 5.87. The summed E-state index contributed by atoms with van der Waals surface area (Å²) >= 11 is 0. The van der Waals surface area contributed by atoms with E-state index in [4.69, 9.17) is 15.2 Å². The maximum Gasteiger partial charge on any atom is 0.319 e. The van der Waals surface area contributed by atoms with Crippen molar-refractivity contribution in [3.8, 4) is 0 Å². The molecule has 6 rings (SSSR count). The number of likely N-dealkylation sites (tertiary alicyclic amines) is 2. The van der Waals surface area contributed by atoms with Crippen LogP contribution in [0.4, 0.5) is 33.7 Å². The predicted octanol–water partition coefficient (Wildman–Crippen LogP) is 4.17. The molecule has 0 saturated carbocycles. The second-order valence-electron chi connectivity index (χ2n) is 14.5. The molecule has 14 nitrogen and oxygen atoms in total. The SMILES string of the molecule is NC1CCN(C(=O)CCCN2CCOCC2)CC1.O=C(Nc1ccc(F)c(F)c1)NC1CCN(C(=O)CCCN2CCOCC2)CC1.O=C=Nc1ccc(F)c(F)c1. The van der Waals surface area contributed by atoms with Crippen LogP contribution in [0, 0.1) is 23.3 Å². The van der Waals surface area contributed by atoms with Crippen molar-refractivity contribution >= 4 is 35.3 Å². The van der Waals surface area contributed by atoms with Crippen LogP contribution in [0.3, 0.4) is 0 Å². The molecule has 58 heavy (non-hydrogen) atoms. The van der Waals surface area contributed by atoms with E-state index in [1.807, 2.05) is 9.80 Å². The molecule has 0 atom stereocenters. The normalized spacial score (nSPS) is 18.2. The highest BCUT2D eigenvalue weighted by Crippen LogP contribution is 2.17. The molecule has 0 spiro atoms. The van der Waals surface area contributed by atoms with Gasteiger partial charge in [-0.1, -0.05) is 0 Å². The molecule has 2 aromatic carbocycles. The zero-order valence-corrected chi connectivity index (χ0v) is 32.9. The number of isocyanates is 1. The van der Waals surface area contributed by atoms with E-state index in [0.717, 1.165) is 129 Å². The van der Waals surface area contributed by atoms with Crippen molar-refractivity contribution < 1.29 is 46.2 Å². The van der Waals surface area contributed by atoms with E-state index in [1.165, 1.54) is 18.2 Å². The van der Waals surface area contributed by atoms with Gasteiger partial charge in [0.05, 0.1) is 32.1 Å². The Bertz CT molecular complexity index is 1640. The van der Waals surface area contributed by atoms with E-state index < -0.39 is 29.3 Å². The summed E-state index contributed by atoms with van der Waals surface area (Å²) in [4.78, 5) is 57.7. The molecule has 0 aromatic heterocycles. The van der Waals surface area contributed by atoms with Crippen LogP contribution in [0.5, 0.6) is 0 Å². The van der Waals surface area contributed by atoms with Crippen LogP contribution in [0.1, 0.15) is 51.4 Å². The number of carbonyl (C=O) groups excluding carboxylic acids is 4. The van der Waals surface area contributed by atoms with E-state index >= 15 is 0 Å². The maximum absolute atomic E-state index is 13.2. The van der Waals surface area contributed by atoms with E-state index in [2.05, 4.69) is 25.4 Å². The first-order valence-corrected chi connectivity index (χ1v) is 20.0. The van der Waals surface area contributed by atoms with Gasteiger partial charge in [0.1, 0.15) is 0 Å². The highest BCUT2D eigenvalue weighted by atomic mass is 19.2. The molecular weight excluding hydrogens is 764 g/mol. The second kappa shape index (κ2) is 25.1. The minimum Gasteiger partial charge on any atom is -0.379 e. The van der Waals surface area contributed by atoms with Crippen LogP contribution < -0.4 is 16.4 Å². The third kappa shape index (κ3) is 16.8. The number of nitrogens with zero attached hydrogens (tertiary/aromatic N) is 5. The zero-order valence-electron chi connectivity index (χ0n) is 32.9. The van der Waals surface area contributed by atoms with Crippen LogP contribution in [-0.2, 0) is 23.9 Å².